The van der Waals surface area contributed by atoms with Crippen LogP contribution in [-0.4, -0.2) is 46.0 Å². The first kappa shape index (κ1) is 14.7. The Morgan fingerprint density at radius 2 is 1.96 bits per heavy atom. The predicted octanol–water partition coefficient (Wildman–Crippen LogP) is 2.03. The van der Waals surface area contributed by atoms with Crippen molar-refractivity contribution < 1.29 is 4.79 Å². The number of rotatable bonds is 5. The molecule has 5 heteroatoms. The molecule has 1 aliphatic heterocycles. The van der Waals surface area contributed by atoms with Gasteiger partial charge < -0.3 is 9.88 Å². The Morgan fingerprint density at radius 3 is 2.74 bits per heavy atom. The number of imidazole rings is 1. The maximum absolute atomic E-state index is 11.9. The molecule has 2 heterocycles. The lowest BCUT2D eigenvalue weighted by Crippen LogP contribution is -2.42. The summed E-state index contributed by atoms with van der Waals surface area (Å²) in [5, 5.41) is 3.08. The summed E-state index contributed by atoms with van der Waals surface area (Å²) in [4.78, 5) is 18.6. The molecule has 1 aromatic heterocycles. The van der Waals surface area contributed by atoms with Gasteiger partial charge in [0.2, 0.25) is 5.91 Å². The van der Waals surface area contributed by atoms with E-state index in [0.717, 1.165) is 50.8 Å². The molecule has 0 bridgehead atoms. The molecule has 1 saturated heterocycles. The van der Waals surface area contributed by atoms with Crippen LogP contribution in [0.3, 0.4) is 0 Å². The maximum Gasteiger partial charge on any atom is 0.234 e. The van der Waals surface area contributed by atoms with Crippen LogP contribution in [0.2, 0.25) is 0 Å². The van der Waals surface area contributed by atoms with Gasteiger partial charge in [0.25, 0.3) is 0 Å². The van der Waals surface area contributed by atoms with Crippen LogP contribution in [0.5, 0.6) is 0 Å². The summed E-state index contributed by atoms with van der Waals surface area (Å²) in [6.45, 7) is 3.64. The zero-order valence-corrected chi connectivity index (χ0v) is 13.4. The predicted molar refractivity (Wildman–Crippen MR) is 90.1 cm³/mol. The monoisotopic (exact) mass is 312 g/mol. The highest BCUT2D eigenvalue weighted by atomic mass is 16.2. The second-order valence-corrected chi connectivity index (χ2v) is 6.95. The molecule has 0 spiro atoms. The smallest absolute Gasteiger partial charge is 0.234 e. The lowest BCUT2D eigenvalue weighted by molar-refractivity contribution is -0.122. The SMILES string of the molecule is O=C(CN1CCC(Cn2cnc3ccccc32)CC1)NC1CC1. The Bertz CT molecular complexity index is 683. The van der Waals surface area contributed by atoms with Crippen LogP contribution in [0.4, 0.5) is 0 Å². The third kappa shape index (κ3) is 3.55. The minimum Gasteiger partial charge on any atom is -0.352 e. The molecule has 1 saturated carbocycles. The van der Waals surface area contributed by atoms with E-state index < -0.39 is 0 Å². The summed E-state index contributed by atoms with van der Waals surface area (Å²) in [6.07, 6.45) is 6.59. The van der Waals surface area contributed by atoms with Crippen LogP contribution in [0.25, 0.3) is 11.0 Å². The van der Waals surface area contributed by atoms with Crippen molar-refractivity contribution in [2.24, 2.45) is 5.92 Å². The van der Waals surface area contributed by atoms with Gasteiger partial charge in [0, 0.05) is 12.6 Å². The standard InChI is InChI=1S/C18H24N4O/c23-18(20-15-5-6-15)12-21-9-7-14(8-10-21)11-22-13-19-16-3-1-2-4-17(16)22/h1-4,13-15H,5-12H2,(H,20,23). The summed E-state index contributed by atoms with van der Waals surface area (Å²) in [6, 6.07) is 8.77. The number of benzene rings is 1. The molecular formula is C18H24N4O. The molecule has 1 aliphatic carbocycles. The van der Waals surface area contributed by atoms with Crippen LogP contribution in [-0.2, 0) is 11.3 Å². The van der Waals surface area contributed by atoms with Gasteiger partial charge >= 0.3 is 0 Å². The number of hydrogen-bond donors (Lipinski definition) is 1. The highest BCUT2D eigenvalue weighted by Gasteiger charge is 2.26. The number of carbonyl (C=O) groups is 1. The van der Waals surface area contributed by atoms with Gasteiger partial charge in [-0.2, -0.15) is 0 Å². The number of hydrogen-bond acceptors (Lipinski definition) is 3. The highest BCUT2D eigenvalue weighted by molar-refractivity contribution is 5.78. The largest absolute Gasteiger partial charge is 0.352 e. The average Bonchev–Trinajstić information content (AvgIpc) is 3.28. The zero-order valence-electron chi connectivity index (χ0n) is 13.4. The van der Waals surface area contributed by atoms with E-state index >= 15 is 0 Å². The third-order valence-corrected chi connectivity index (χ3v) is 5.00. The lowest BCUT2D eigenvalue weighted by Gasteiger charge is -2.31. The number of amides is 1. The fourth-order valence-corrected chi connectivity index (χ4v) is 3.47. The van der Waals surface area contributed by atoms with Gasteiger partial charge in [0.05, 0.1) is 23.9 Å². The van der Waals surface area contributed by atoms with Crippen molar-refractivity contribution in [3.8, 4) is 0 Å². The summed E-state index contributed by atoms with van der Waals surface area (Å²) in [7, 11) is 0. The molecule has 0 unspecified atom stereocenters. The molecule has 4 rings (SSSR count). The summed E-state index contributed by atoms with van der Waals surface area (Å²) in [5.41, 5.74) is 2.29. The first-order chi connectivity index (χ1) is 11.3. The van der Waals surface area contributed by atoms with Gasteiger partial charge in [-0.3, -0.25) is 9.69 Å². The van der Waals surface area contributed by atoms with Crippen LogP contribution in [0.15, 0.2) is 30.6 Å². The summed E-state index contributed by atoms with van der Waals surface area (Å²) >= 11 is 0. The van der Waals surface area contributed by atoms with Crippen molar-refractivity contribution in [3.05, 3.63) is 30.6 Å². The van der Waals surface area contributed by atoms with Crippen LogP contribution in [0, 0.1) is 5.92 Å². The van der Waals surface area contributed by atoms with Crippen molar-refractivity contribution in [2.45, 2.75) is 38.3 Å². The third-order valence-electron chi connectivity index (χ3n) is 5.00. The van der Waals surface area contributed by atoms with Gasteiger partial charge in [-0.05, 0) is 56.8 Å². The van der Waals surface area contributed by atoms with Gasteiger partial charge in [0.15, 0.2) is 0 Å². The highest BCUT2D eigenvalue weighted by Crippen LogP contribution is 2.22. The van der Waals surface area contributed by atoms with E-state index in [-0.39, 0.29) is 5.91 Å². The minimum absolute atomic E-state index is 0.201. The summed E-state index contributed by atoms with van der Waals surface area (Å²) < 4.78 is 2.27. The molecule has 5 nitrogen and oxygen atoms in total. The first-order valence-electron chi connectivity index (χ1n) is 8.69. The van der Waals surface area contributed by atoms with Crippen molar-refractivity contribution in [1.29, 1.82) is 0 Å². The number of nitrogens with one attached hydrogen (secondary N) is 1. The Labute approximate surface area is 136 Å². The Balaban J connectivity index is 1.28. The van der Waals surface area contributed by atoms with Crippen molar-refractivity contribution in [1.82, 2.24) is 19.8 Å². The van der Waals surface area contributed by atoms with Crippen molar-refractivity contribution >= 4 is 16.9 Å². The van der Waals surface area contributed by atoms with Crippen LogP contribution >= 0.6 is 0 Å². The number of piperidine rings is 1. The number of aromatic nitrogens is 2. The molecule has 122 valence electrons. The molecule has 0 radical (unpaired) electrons. The number of likely N-dealkylation sites (tertiary alicyclic amines) is 1. The Kier molecular flexibility index (Phi) is 4.04. The van der Waals surface area contributed by atoms with Gasteiger partial charge in [-0.15, -0.1) is 0 Å². The Hall–Kier alpha value is -1.88. The average molecular weight is 312 g/mol. The first-order valence-corrected chi connectivity index (χ1v) is 8.69. The molecule has 0 atom stereocenters. The van der Waals surface area contributed by atoms with E-state index in [1.807, 2.05) is 12.4 Å². The number of para-hydroxylation sites is 2. The summed E-state index contributed by atoms with van der Waals surface area (Å²) in [5.74, 6) is 0.877. The quantitative estimate of drug-likeness (QED) is 0.919. The number of carbonyl (C=O) groups excluding carboxylic acids is 1. The molecule has 1 aromatic carbocycles. The molecule has 1 amide bonds. The maximum atomic E-state index is 11.9. The number of fused-ring (bicyclic) bond motifs is 1. The fraction of sp³-hybridized carbons (Fsp3) is 0.556. The topological polar surface area (TPSA) is 50.2 Å². The molecule has 2 aromatic rings. The van der Waals surface area contributed by atoms with Crippen molar-refractivity contribution in [2.75, 3.05) is 19.6 Å². The minimum atomic E-state index is 0.201. The fourth-order valence-electron chi connectivity index (χ4n) is 3.47. The molecule has 2 fully saturated rings. The van der Waals surface area contributed by atoms with E-state index in [4.69, 9.17) is 0 Å². The normalized spacial score (nSPS) is 20.0. The zero-order chi connectivity index (χ0) is 15.6. The second kappa shape index (κ2) is 6.32. The van der Waals surface area contributed by atoms with Crippen LogP contribution in [0.1, 0.15) is 25.7 Å². The van der Waals surface area contributed by atoms with Gasteiger partial charge in [-0.1, -0.05) is 12.1 Å². The van der Waals surface area contributed by atoms with E-state index in [0.29, 0.717) is 18.5 Å². The second-order valence-electron chi connectivity index (χ2n) is 6.95. The van der Waals surface area contributed by atoms with Crippen molar-refractivity contribution in [3.63, 3.8) is 0 Å². The van der Waals surface area contributed by atoms with Crippen LogP contribution < -0.4 is 5.32 Å². The van der Waals surface area contributed by atoms with E-state index in [9.17, 15) is 4.79 Å². The molecule has 1 N–H and O–H groups in total. The van der Waals surface area contributed by atoms with E-state index in [2.05, 4.69) is 38.0 Å². The number of nitrogens with zero attached hydrogens (tertiary/aromatic N) is 3. The molecular weight excluding hydrogens is 288 g/mol. The van der Waals surface area contributed by atoms with E-state index in [1.54, 1.807) is 0 Å². The molecule has 23 heavy (non-hydrogen) atoms. The lowest BCUT2D eigenvalue weighted by atomic mass is 9.96. The van der Waals surface area contributed by atoms with E-state index in [1.165, 1.54) is 5.52 Å². The molecule has 2 aliphatic rings. The van der Waals surface area contributed by atoms with Gasteiger partial charge in [-0.25, -0.2) is 4.98 Å². The van der Waals surface area contributed by atoms with Gasteiger partial charge in [0.1, 0.15) is 0 Å². The Morgan fingerprint density at radius 1 is 1.17 bits per heavy atom.